The standard InChI is InChI=1S/C24H22N4O2S/c1-16-26-23-22(24(30)28(16)25-13-17-7-9-19(29)10-8-17)20-11-12-27(15-21(20)31-23)14-18-5-3-2-4-6-18/h2-10,13,29H,11-12,14-15H2,1H3/b25-13+. The highest BCUT2D eigenvalue weighted by Crippen LogP contribution is 2.33. The number of aromatic nitrogens is 2. The van der Waals surface area contributed by atoms with Gasteiger partial charge in [0.05, 0.1) is 11.6 Å². The number of fused-ring (bicyclic) bond motifs is 3. The van der Waals surface area contributed by atoms with Gasteiger partial charge < -0.3 is 5.11 Å². The van der Waals surface area contributed by atoms with Gasteiger partial charge in [-0.15, -0.1) is 11.3 Å². The Labute approximate surface area is 183 Å². The van der Waals surface area contributed by atoms with Gasteiger partial charge in [0.25, 0.3) is 5.56 Å². The van der Waals surface area contributed by atoms with Gasteiger partial charge in [0.1, 0.15) is 16.4 Å². The highest BCUT2D eigenvalue weighted by Gasteiger charge is 2.24. The number of nitrogens with zero attached hydrogens (tertiary/aromatic N) is 4. The summed E-state index contributed by atoms with van der Waals surface area (Å²) in [6, 6.07) is 17.1. The molecule has 0 unspecified atom stereocenters. The Bertz CT molecular complexity index is 1320. The first-order valence-corrected chi connectivity index (χ1v) is 11.0. The predicted molar refractivity (Wildman–Crippen MR) is 124 cm³/mol. The van der Waals surface area contributed by atoms with Crippen LogP contribution in [0.5, 0.6) is 5.75 Å². The SMILES string of the molecule is Cc1nc2sc3c(c2c(=O)n1/N=C/c1ccc(O)cc1)CCN(Cc1ccccc1)C3. The summed E-state index contributed by atoms with van der Waals surface area (Å²) >= 11 is 1.62. The second kappa shape index (κ2) is 8.09. The second-order valence-electron chi connectivity index (χ2n) is 7.74. The molecule has 2 aromatic carbocycles. The Balaban J connectivity index is 1.47. The first-order chi connectivity index (χ1) is 15.1. The number of thiophene rings is 1. The number of rotatable bonds is 4. The first-order valence-electron chi connectivity index (χ1n) is 10.2. The van der Waals surface area contributed by atoms with Crippen LogP contribution in [-0.2, 0) is 19.5 Å². The molecule has 0 radical (unpaired) electrons. The Morgan fingerprint density at radius 1 is 1.16 bits per heavy atom. The summed E-state index contributed by atoms with van der Waals surface area (Å²) in [7, 11) is 0. The van der Waals surface area contributed by atoms with Crippen LogP contribution in [-0.4, -0.2) is 32.4 Å². The van der Waals surface area contributed by atoms with Crippen LogP contribution in [0.1, 0.15) is 27.4 Å². The molecule has 3 heterocycles. The lowest BCUT2D eigenvalue weighted by Gasteiger charge is -2.26. The molecule has 0 amide bonds. The summed E-state index contributed by atoms with van der Waals surface area (Å²) in [5.74, 6) is 0.757. The third-order valence-corrected chi connectivity index (χ3v) is 6.67. The smallest absolute Gasteiger partial charge is 0.283 e. The van der Waals surface area contributed by atoms with Gasteiger partial charge in [0.15, 0.2) is 0 Å². The molecule has 1 N–H and O–H groups in total. The molecule has 0 atom stereocenters. The van der Waals surface area contributed by atoms with E-state index in [-0.39, 0.29) is 11.3 Å². The molecule has 6 nitrogen and oxygen atoms in total. The number of benzene rings is 2. The average Bonchev–Trinajstić information content (AvgIpc) is 3.13. The zero-order chi connectivity index (χ0) is 21.4. The van der Waals surface area contributed by atoms with E-state index in [9.17, 15) is 9.90 Å². The third kappa shape index (κ3) is 3.89. The topological polar surface area (TPSA) is 70.7 Å². The monoisotopic (exact) mass is 430 g/mol. The van der Waals surface area contributed by atoms with Crippen LogP contribution < -0.4 is 5.56 Å². The molecule has 0 aliphatic carbocycles. The number of phenolic OH excluding ortho intramolecular Hbond substituents is 1. The lowest BCUT2D eigenvalue weighted by molar-refractivity contribution is 0.249. The van der Waals surface area contributed by atoms with Gasteiger partial charge >= 0.3 is 0 Å². The van der Waals surface area contributed by atoms with Gasteiger partial charge in [0.2, 0.25) is 0 Å². The predicted octanol–water partition coefficient (Wildman–Crippen LogP) is 3.91. The molecule has 156 valence electrons. The minimum Gasteiger partial charge on any atom is -0.508 e. The molecule has 4 aromatic rings. The summed E-state index contributed by atoms with van der Waals surface area (Å²) in [6.07, 6.45) is 2.45. The number of phenols is 1. The fourth-order valence-corrected chi connectivity index (χ4v) is 5.28. The fourth-order valence-electron chi connectivity index (χ4n) is 3.99. The highest BCUT2D eigenvalue weighted by molar-refractivity contribution is 7.18. The van der Waals surface area contributed by atoms with E-state index < -0.39 is 0 Å². The lowest BCUT2D eigenvalue weighted by atomic mass is 10.0. The molecule has 7 heteroatoms. The number of hydrogen-bond acceptors (Lipinski definition) is 6. The Hall–Kier alpha value is -3.29. The van der Waals surface area contributed by atoms with Gasteiger partial charge in [-0.1, -0.05) is 30.3 Å². The van der Waals surface area contributed by atoms with E-state index in [1.807, 2.05) is 6.07 Å². The molecule has 0 spiro atoms. The number of aryl methyl sites for hydroxylation is 1. The zero-order valence-corrected chi connectivity index (χ0v) is 18.0. The van der Waals surface area contributed by atoms with Gasteiger partial charge in [-0.05, 0) is 54.3 Å². The quantitative estimate of drug-likeness (QED) is 0.499. The van der Waals surface area contributed by atoms with Crippen molar-refractivity contribution in [2.45, 2.75) is 26.4 Å². The van der Waals surface area contributed by atoms with Crippen molar-refractivity contribution in [1.29, 1.82) is 0 Å². The summed E-state index contributed by atoms with van der Waals surface area (Å²) in [4.78, 5) is 22.4. The molecule has 0 fully saturated rings. The van der Waals surface area contributed by atoms with Crippen molar-refractivity contribution in [3.63, 3.8) is 0 Å². The molecular weight excluding hydrogens is 408 g/mol. The third-order valence-electron chi connectivity index (χ3n) is 5.56. The Morgan fingerprint density at radius 3 is 2.71 bits per heavy atom. The molecule has 2 aromatic heterocycles. The molecular formula is C24H22N4O2S. The van der Waals surface area contributed by atoms with Crippen molar-refractivity contribution in [2.24, 2.45) is 5.10 Å². The summed E-state index contributed by atoms with van der Waals surface area (Å²) in [6.45, 7) is 4.45. The number of hydrogen-bond donors (Lipinski definition) is 1. The van der Waals surface area contributed by atoms with Crippen LogP contribution in [0.4, 0.5) is 0 Å². The molecule has 31 heavy (non-hydrogen) atoms. The minimum atomic E-state index is -0.119. The summed E-state index contributed by atoms with van der Waals surface area (Å²) in [5.41, 5.74) is 3.10. The van der Waals surface area contributed by atoms with E-state index in [0.717, 1.165) is 42.0 Å². The van der Waals surface area contributed by atoms with Crippen LogP contribution >= 0.6 is 11.3 Å². The summed E-state index contributed by atoms with van der Waals surface area (Å²) < 4.78 is 1.37. The van der Waals surface area contributed by atoms with Gasteiger partial charge in [-0.3, -0.25) is 9.69 Å². The largest absolute Gasteiger partial charge is 0.508 e. The lowest BCUT2D eigenvalue weighted by Crippen LogP contribution is -2.30. The van der Waals surface area contributed by atoms with E-state index in [1.54, 1.807) is 48.7 Å². The Kier molecular flexibility index (Phi) is 5.13. The minimum absolute atomic E-state index is 0.119. The van der Waals surface area contributed by atoms with Crippen molar-refractivity contribution < 1.29 is 5.11 Å². The van der Waals surface area contributed by atoms with Crippen molar-refractivity contribution in [1.82, 2.24) is 14.6 Å². The van der Waals surface area contributed by atoms with Crippen molar-refractivity contribution in [2.75, 3.05) is 6.54 Å². The van der Waals surface area contributed by atoms with E-state index in [1.165, 1.54) is 15.1 Å². The maximum Gasteiger partial charge on any atom is 0.283 e. The van der Waals surface area contributed by atoms with E-state index in [4.69, 9.17) is 0 Å². The van der Waals surface area contributed by atoms with Crippen molar-refractivity contribution in [3.05, 3.63) is 92.3 Å². The maximum atomic E-state index is 13.3. The number of aromatic hydroxyl groups is 1. The molecule has 5 rings (SSSR count). The van der Waals surface area contributed by atoms with Crippen LogP contribution in [0.25, 0.3) is 10.2 Å². The molecule has 1 aliphatic heterocycles. The van der Waals surface area contributed by atoms with Gasteiger partial charge in [-0.2, -0.15) is 9.78 Å². The van der Waals surface area contributed by atoms with Gasteiger partial charge in [0, 0.05) is 24.5 Å². The first kappa shape index (κ1) is 19.7. The molecule has 1 aliphatic rings. The zero-order valence-electron chi connectivity index (χ0n) is 17.2. The second-order valence-corrected chi connectivity index (χ2v) is 8.83. The van der Waals surface area contributed by atoms with Crippen LogP contribution in [0.15, 0.2) is 64.5 Å². The Morgan fingerprint density at radius 2 is 1.94 bits per heavy atom. The maximum absolute atomic E-state index is 13.3. The van der Waals surface area contributed by atoms with E-state index in [2.05, 4.69) is 39.3 Å². The van der Waals surface area contributed by atoms with Crippen LogP contribution in [0.2, 0.25) is 0 Å². The van der Waals surface area contributed by atoms with Gasteiger partial charge in [-0.25, -0.2) is 4.98 Å². The molecule has 0 bridgehead atoms. The molecule has 0 saturated heterocycles. The van der Waals surface area contributed by atoms with Crippen LogP contribution in [0.3, 0.4) is 0 Å². The summed E-state index contributed by atoms with van der Waals surface area (Å²) in [5, 5.41) is 14.5. The van der Waals surface area contributed by atoms with E-state index >= 15 is 0 Å². The van der Waals surface area contributed by atoms with Crippen molar-refractivity contribution in [3.8, 4) is 5.75 Å². The normalized spacial score (nSPS) is 14.4. The van der Waals surface area contributed by atoms with E-state index in [0.29, 0.717) is 11.2 Å². The van der Waals surface area contributed by atoms with Crippen molar-refractivity contribution >= 4 is 27.8 Å². The highest BCUT2D eigenvalue weighted by atomic mass is 32.1. The molecule has 0 saturated carbocycles. The fraction of sp³-hybridized carbons (Fsp3) is 0.208. The van der Waals surface area contributed by atoms with Crippen LogP contribution in [0, 0.1) is 6.92 Å². The average molecular weight is 431 g/mol.